The predicted octanol–water partition coefficient (Wildman–Crippen LogP) is 4.33. The first kappa shape index (κ1) is 19.6. The summed E-state index contributed by atoms with van der Waals surface area (Å²) in [4.78, 5) is 0. The highest BCUT2D eigenvalue weighted by molar-refractivity contribution is 7.60. The monoisotopic (exact) mass is 301 g/mol. The Hall–Kier alpha value is -0.360. The molecule has 1 atom stereocenters. The number of hydrogen-bond donors (Lipinski definition) is 0. The van der Waals surface area contributed by atoms with Crippen molar-refractivity contribution in [3.8, 4) is 6.07 Å². The van der Waals surface area contributed by atoms with Crippen LogP contribution in [0, 0.1) is 11.3 Å². The highest BCUT2D eigenvalue weighted by Crippen LogP contribution is 2.60. The molecular formula is C15H32N3OP. The summed E-state index contributed by atoms with van der Waals surface area (Å²) >= 11 is 0. The van der Waals surface area contributed by atoms with Crippen molar-refractivity contribution in [3.63, 3.8) is 0 Å². The van der Waals surface area contributed by atoms with Gasteiger partial charge in [-0.15, -0.1) is 0 Å². The van der Waals surface area contributed by atoms with Gasteiger partial charge in [-0.3, -0.25) is 4.57 Å². The van der Waals surface area contributed by atoms with Gasteiger partial charge in [-0.25, -0.2) is 9.34 Å². The van der Waals surface area contributed by atoms with Crippen molar-refractivity contribution in [1.82, 2.24) is 9.34 Å². The fourth-order valence-electron chi connectivity index (χ4n) is 3.11. The summed E-state index contributed by atoms with van der Waals surface area (Å²) in [7, 11) is -2.95. The van der Waals surface area contributed by atoms with Gasteiger partial charge in [-0.05, 0) is 62.3 Å². The van der Waals surface area contributed by atoms with Crippen molar-refractivity contribution in [2.24, 2.45) is 0 Å². The maximum Gasteiger partial charge on any atom is 0.233 e. The van der Waals surface area contributed by atoms with Crippen LogP contribution >= 0.6 is 7.44 Å². The van der Waals surface area contributed by atoms with Crippen LogP contribution in [0.5, 0.6) is 0 Å². The summed E-state index contributed by atoms with van der Waals surface area (Å²) in [5, 5.41) is 9.42. The molecule has 0 bridgehead atoms. The molecule has 0 aliphatic heterocycles. The van der Waals surface area contributed by atoms with Gasteiger partial charge in [0.25, 0.3) is 0 Å². The zero-order valence-corrected chi connectivity index (χ0v) is 15.5. The average molecular weight is 301 g/mol. The van der Waals surface area contributed by atoms with Gasteiger partial charge >= 0.3 is 0 Å². The van der Waals surface area contributed by atoms with E-state index in [9.17, 15) is 9.83 Å². The van der Waals surface area contributed by atoms with Crippen molar-refractivity contribution in [3.05, 3.63) is 0 Å². The Morgan fingerprint density at radius 1 is 0.750 bits per heavy atom. The first-order valence-corrected chi connectivity index (χ1v) is 9.26. The van der Waals surface area contributed by atoms with Crippen LogP contribution in [-0.4, -0.2) is 39.2 Å². The van der Waals surface area contributed by atoms with E-state index in [1.807, 2.05) is 9.34 Å². The van der Waals surface area contributed by atoms with E-state index in [1.165, 1.54) is 0 Å². The Bertz CT molecular complexity index is 345. The molecule has 0 aromatic carbocycles. The lowest BCUT2D eigenvalue weighted by atomic mass is 10.3. The van der Waals surface area contributed by atoms with Gasteiger partial charge in [0, 0.05) is 24.2 Å². The Morgan fingerprint density at radius 2 is 1.00 bits per heavy atom. The van der Waals surface area contributed by atoms with Crippen molar-refractivity contribution in [2.75, 3.05) is 0 Å². The summed E-state index contributed by atoms with van der Waals surface area (Å²) < 4.78 is 18.0. The van der Waals surface area contributed by atoms with Gasteiger partial charge < -0.3 is 0 Å². The second-order valence-electron chi connectivity index (χ2n) is 6.53. The third kappa shape index (κ3) is 3.85. The molecule has 0 amide bonds. The molecule has 0 N–H and O–H groups in total. The first-order chi connectivity index (χ1) is 9.01. The maximum absolute atomic E-state index is 13.9. The van der Waals surface area contributed by atoms with Crippen LogP contribution in [0.4, 0.5) is 0 Å². The molecule has 118 valence electrons. The van der Waals surface area contributed by atoms with Gasteiger partial charge in [0.2, 0.25) is 7.44 Å². The Morgan fingerprint density at radius 3 is 1.15 bits per heavy atom. The number of rotatable bonds is 7. The normalized spacial score (nSPS) is 14.9. The van der Waals surface area contributed by atoms with Gasteiger partial charge in [0.05, 0.1) is 6.07 Å². The lowest BCUT2D eigenvalue weighted by Gasteiger charge is -2.48. The van der Waals surface area contributed by atoms with Crippen LogP contribution < -0.4 is 0 Å². The van der Waals surface area contributed by atoms with E-state index in [-0.39, 0.29) is 24.2 Å². The van der Waals surface area contributed by atoms with Crippen molar-refractivity contribution >= 4 is 7.44 Å². The van der Waals surface area contributed by atoms with Crippen LogP contribution in [0.25, 0.3) is 0 Å². The van der Waals surface area contributed by atoms with Crippen molar-refractivity contribution < 1.29 is 4.57 Å². The molecule has 0 aromatic rings. The minimum Gasteiger partial charge on any atom is -0.287 e. The fourth-order valence-corrected chi connectivity index (χ4v) is 6.95. The fraction of sp³-hybridized carbons (Fsp3) is 0.933. The highest BCUT2D eigenvalue weighted by atomic mass is 31.2. The Balaban J connectivity index is 6.10. The summed E-state index contributed by atoms with van der Waals surface area (Å²) in [5.41, 5.74) is -0.503. The third-order valence-electron chi connectivity index (χ3n) is 3.47. The summed E-state index contributed by atoms with van der Waals surface area (Å²) in [6.07, 6.45) is 0. The molecule has 0 saturated heterocycles. The minimum absolute atomic E-state index is 0.136. The number of nitrogens with zero attached hydrogens (tertiary/aromatic N) is 3. The second kappa shape index (κ2) is 7.59. The summed E-state index contributed by atoms with van der Waals surface area (Å²) in [5.74, 6) is 0. The molecule has 0 rings (SSSR count). The van der Waals surface area contributed by atoms with Crippen molar-refractivity contribution in [2.45, 2.75) is 92.1 Å². The molecular weight excluding hydrogens is 269 g/mol. The van der Waals surface area contributed by atoms with Gasteiger partial charge in [0.15, 0.2) is 0 Å². The lowest BCUT2D eigenvalue weighted by molar-refractivity contribution is 0.222. The van der Waals surface area contributed by atoms with Crippen LogP contribution in [0.2, 0.25) is 0 Å². The second-order valence-corrected chi connectivity index (χ2v) is 9.41. The smallest absolute Gasteiger partial charge is 0.233 e. The molecule has 0 saturated carbocycles. The van der Waals surface area contributed by atoms with E-state index in [0.29, 0.717) is 0 Å². The van der Waals surface area contributed by atoms with E-state index < -0.39 is 13.1 Å². The van der Waals surface area contributed by atoms with Crippen LogP contribution in [-0.2, 0) is 4.57 Å². The molecule has 0 fully saturated rings. The third-order valence-corrected chi connectivity index (χ3v) is 7.77. The quantitative estimate of drug-likeness (QED) is 0.657. The molecule has 4 nitrogen and oxygen atoms in total. The summed E-state index contributed by atoms with van der Waals surface area (Å²) in [6, 6.07) is 2.78. The van der Waals surface area contributed by atoms with Crippen LogP contribution in [0.15, 0.2) is 0 Å². The van der Waals surface area contributed by atoms with Crippen molar-refractivity contribution in [1.29, 1.82) is 5.26 Å². The van der Waals surface area contributed by atoms with Gasteiger partial charge in [0.1, 0.15) is 5.66 Å². The topological polar surface area (TPSA) is 47.3 Å². The number of hydrogen-bond acceptors (Lipinski definition) is 2. The number of nitriles is 1. The van der Waals surface area contributed by atoms with E-state index in [1.54, 1.807) is 6.92 Å². The molecule has 20 heavy (non-hydrogen) atoms. The minimum atomic E-state index is -2.95. The first-order valence-electron chi connectivity index (χ1n) is 7.58. The molecule has 0 aromatic heterocycles. The van der Waals surface area contributed by atoms with E-state index in [2.05, 4.69) is 61.5 Å². The molecule has 0 aliphatic carbocycles. The predicted molar refractivity (Wildman–Crippen MR) is 86.9 cm³/mol. The van der Waals surface area contributed by atoms with Gasteiger partial charge in [-0.2, -0.15) is 5.26 Å². The van der Waals surface area contributed by atoms with E-state index in [4.69, 9.17) is 0 Å². The molecule has 0 spiro atoms. The standard InChI is InChI=1S/C15H32N3OP/c1-11(2)17(12(3)4)20(19,15(9)10-16)18(13(5)6)14(7)8/h11-15H,1-9H3. The van der Waals surface area contributed by atoms with Crippen LogP contribution in [0.1, 0.15) is 62.3 Å². The molecule has 0 heterocycles. The largest absolute Gasteiger partial charge is 0.287 e. The lowest BCUT2D eigenvalue weighted by Crippen LogP contribution is -2.47. The highest BCUT2D eigenvalue weighted by Gasteiger charge is 2.46. The SMILES string of the molecule is CC(C)N(C(C)C)P(=O)(C(C)C#N)N(C(C)C)C(C)C. The summed E-state index contributed by atoms with van der Waals surface area (Å²) in [6.45, 7) is 18.2. The average Bonchev–Trinajstić information content (AvgIpc) is 2.25. The Kier molecular flexibility index (Phi) is 7.46. The zero-order valence-electron chi connectivity index (χ0n) is 14.6. The molecule has 0 aliphatic rings. The van der Waals surface area contributed by atoms with Crippen LogP contribution in [0.3, 0.4) is 0 Å². The molecule has 0 radical (unpaired) electrons. The maximum atomic E-state index is 13.9. The molecule has 1 unspecified atom stereocenters. The van der Waals surface area contributed by atoms with E-state index in [0.717, 1.165) is 0 Å². The zero-order chi connectivity index (χ0) is 16.2. The van der Waals surface area contributed by atoms with E-state index >= 15 is 0 Å². The molecule has 5 heteroatoms. The Labute approximate surface area is 125 Å². The van der Waals surface area contributed by atoms with Gasteiger partial charge in [-0.1, -0.05) is 0 Å².